The van der Waals surface area contributed by atoms with Crippen LogP contribution in [-0.2, 0) is 4.74 Å². The zero-order valence-electron chi connectivity index (χ0n) is 10.2. The normalized spacial score (nSPS) is 30.8. The summed E-state index contributed by atoms with van der Waals surface area (Å²) in [6.45, 7) is -0.0133. The fourth-order valence-electron chi connectivity index (χ4n) is 2.15. The van der Waals surface area contributed by atoms with Crippen LogP contribution in [0.5, 0.6) is 0 Å². The molecule has 1 fully saturated rings. The SMILES string of the molecule is O=C(OCC1C=CC=CC1)N1CCC(F)(CO)C1. The van der Waals surface area contributed by atoms with Crippen molar-refractivity contribution in [2.24, 2.45) is 5.92 Å². The second-order valence-corrected chi connectivity index (χ2v) is 4.87. The Hall–Kier alpha value is -1.36. The Morgan fingerprint density at radius 2 is 2.39 bits per heavy atom. The summed E-state index contributed by atoms with van der Waals surface area (Å²) in [5.74, 6) is 0.203. The summed E-state index contributed by atoms with van der Waals surface area (Å²) in [4.78, 5) is 13.0. The highest BCUT2D eigenvalue weighted by molar-refractivity contribution is 5.68. The fraction of sp³-hybridized carbons (Fsp3) is 0.615. The van der Waals surface area contributed by atoms with Gasteiger partial charge in [0.2, 0.25) is 0 Å². The Bertz CT molecular complexity index is 369. The van der Waals surface area contributed by atoms with Gasteiger partial charge < -0.3 is 14.7 Å². The van der Waals surface area contributed by atoms with Crippen LogP contribution in [0, 0.1) is 5.92 Å². The van der Waals surface area contributed by atoms with Gasteiger partial charge in [-0.05, 0) is 6.42 Å². The molecule has 1 amide bonds. The van der Waals surface area contributed by atoms with Gasteiger partial charge in [-0.15, -0.1) is 0 Å². The third-order valence-electron chi connectivity index (χ3n) is 3.34. The second kappa shape index (κ2) is 5.52. The smallest absolute Gasteiger partial charge is 0.409 e. The molecule has 100 valence electrons. The average Bonchev–Trinajstić information content (AvgIpc) is 2.81. The maximum absolute atomic E-state index is 13.7. The van der Waals surface area contributed by atoms with Gasteiger partial charge in [-0.1, -0.05) is 24.3 Å². The number of ether oxygens (including phenoxy) is 1. The van der Waals surface area contributed by atoms with Crippen LogP contribution in [0.4, 0.5) is 9.18 Å². The summed E-state index contributed by atoms with van der Waals surface area (Å²) in [7, 11) is 0. The lowest BCUT2D eigenvalue weighted by Crippen LogP contribution is -2.36. The highest BCUT2D eigenvalue weighted by atomic mass is 19.1. The summed E-state index contributed by atoms with van der Waals surface area (Å²) in [5, 5.41) is 8.89. The van der Waals surface area contributed by atoms with Gasteiger partial charge in [-0.3, -0.25) is 0 Å². The van der Waals surface area contributed by atoms with E-state index < -0.39 is 18.4 Å². The van der Waals surface area contributed by atoms with Crippen LogP contribution in [0.2, 0.25) is 0 Å². The fourth-order valence-corrected chi connectivity index (χ4v) is 2.15. The summed E-state index contributed by atoms with van der Waals surface area (Å²) in [5.41, 5.74) is -1.66. The molecule has 0 saturated carbocycles. The Labute approximate surface area is 106 Å². The number of allylic oxidation sites excluding steroid dienone is 3. The van der Waals surface area contributed by atoms with E-state index in [1.807, 2.05) is 24.3 Å². The zero-order chi connectivity index (χ0) is 13.0. The number of hydrogen-bond acceptors (Lipinski definition) is 3. The molecule has 0 aromatic heterocycles. The van der Waals surface area contributed by atoms with Crippen molar-refractivity contribution in [1.82, 2.24) is 4.90 Å². The van der Waals surface area contributed by atoms with Crippen molar-refractivity contribution in [3.05, 3.63) is 24.3 Å². The van der Waals surface area contributed by atoms with Gasteiger partial charge in [-0.25, -0.2) is 9.18 Å². The van der Waals surface area contributed by atoms with Gasteiger partial charge in [0.05, 0.1) is 19.8 Å². The molecule has 1 saturated heterocycles. The molecule has 5 heteroatoms. The monoisotopic (exact) mass is 255 g/mol. The van der Waals surface area contributed by atoms with Crippen LogP contribution >= 0.6 is 0 Å². The number of halogens is 1. The van der Waals surface area contributed by atoms with E-state index in [1.165, 1.54) is 4.90 Å². The lowest BCUT2D eigenvalue weighted by molar-refractivity contribution is 0.0661. The van der Waals surface area contributed by atoms with E-state index in [-0.39, 0.29) is 18.9 Å². The summed E-state index contributed by atoms with van der Waals surface area (Å²) in [6.07, 6.45) is 8.43. The van der Waals surface area contributed by atoms with Crippen LogP contribution in [-0.4, -0.2) is 48.1 Å². The minimum Gasteiger partial charge on any atom is -0.449 e. The van der Waals surface area contributed by atoms with Gasteiger partial charge >= 0.3 is 6.09 Å². The predicted octanol–water partition coefficient (Wildman–Crippen LogP) is 1.66. The molecule has 2 unspecified atom stereocenters. The van der Waals surface area contributed by atoms with Gasteiger partial charge in [0.25, 0.3) is 0 Å². The number of carbonyl (C=O) groups excluding carboxylic acids is 1. The van der Waals surface area contributed by atoms with Crippen molar-refractivity contribution in [2.75, 3.05) is 26.3 Å². The average molecular weight is 255 g/mol. The Morgan fingerprint density at radius 3 is 3.00 bits per heavy atom. The number of carbonyl (C=O) groups is 1. The number of hydrogen-bond donors (Lipinski definition) is 1. The van der Waals surface area contributed by atoms with Crippen molar-refractivity contribution in [3.63, 3.8) is 0 Å². The van der Waals surface area contributed by atoms with Crippen LogP contribution in [0.1, 0.15) is 12.8 Å². The second-order valence-electron chi connectivity index (χ2n) is 4.87. The van der Waals surface area contributed by atoms with Crippen molar-refractivity contribution >= 4 is 6.09 Å². The molecule has 0 radical (unpaired) electrons. The first-order chi connectivity index (χ1) is 8.63. The standard InChI is InChI=1S/C13H18FNO3/c14-13(10-16)6-7-15(9-13)12(17)18-8-11-4-2-1-3-5-11/h1-4,11,16H,5-10H2. The lowest BCUT2D eigenvalue weighted by Gasteiger charge is -2.20. The van der Waals surface area contributed by atoms with Crippen molar-refractivity contribution in [1.29, 1.82) is 0 Å². The topological polar surface area (TPSA) is 49.8 Å². The molecule has 2 atom stereocenters. The minimum absolute atomic E-state index is 0.0806. The molecule has 2 aliphatic rings. The first-order valence-electron chi connectivity index (χ1n) is 6.18. The molecule has 1 N–H and O–H groups in total. The van der Waals surface area contributed by atoms with E-state index in [1.54, 1.807) is 0 Å². The summed E-state index contributed by atoms with van der Waals surface area (Å²) >= 11 is 0. The van der Waals surface area contributed by atoms with Gasteiger partial charge in [0, 0.05) is 18.9 Å². The van der Waals surface area contributed by atoms with E-state index in [2.05, 4.69) is 0 Å². The molecule has 4 nitrogen and oxygen atoms in total. The number of alkyl halides is 1. The highest BCUT2D eigenvalue weighted by Gasteiger charge is 2.40. The molecule has 0 spiro atoms. The number of likely N-dealkylation sites (tertiary alicyclic amines) is 1. The Kier molecular flexibility index (Phi) is 4.01. The van der Waals surface area contributed by atoms with Gasteiger partial charge in [0.15, 0.2) is 5.67 Å². The number of aliphatic hydroxyl groups excluding tert-OH is 1. The third kappa shape index (κ3) is 3.10. The van der Waals surface area contributed by atoms with Crippen LogP contribution in [0.15, 0.2) is 24.3 Å². The number of nitrogens with zero attached hydrogens (tertiary/aromatic N) is 1. The summed E-state index contributed by atoms with van der Waals surface area (Å²) in [6, 6.07) is 0. The van der Waals surface area contributed by atoms with E-state index in [9.17, 15) is 9.18 Å². The van der Waals surface area contributed by atoms with E-state index >= 15 is 0 Å². The highest BCUT2D eigenvalue weighted by Crippen LogP contribution is 2.25. The van der Waals surface area contributed by atoms with Gasteiger partial charge in [-0.2, -0.15) is 0 Å². The van der Waals surface area contributed by atoms with E-state index in [0.29, 0.717) is 13.2 Å². The molecule has 2 rings (SSSR count). The molecule has 18 heavy (non-hydrogen) atoms. The van der Waals surface area contributed by atoms with Gasteiger partial charge in [0.1, 0.15) is 0 Å². The van der Waals surface area contributed by atoms with Crippen molar-refractivity contribution in [3.8, 4) is 0 Å². The van der Waals surface area contributed by atoms with E-state index in [4.69, 9.17) is 9.84 Å². The number of rotatable bonds is 3. The predicted molar refractivity (Wildman–Crippen MR) is 64.8 cm³/mol. The first-order valence-corrected chi connectivity index (χ1v) is 6.18. The molecular weight excluding hydrogens is 237 g/mol. The number of amides is 1. The molecular formula is C13H18FNO3. The van der Waals surface area contributed by atoms with E-state index in [0.717, 1.165) is 6.42 Å². The van der Waals surface area contributed by atoms with Crippen molar-refractivity contribution < 1.29 is 19.0 Å². The Morgan fingerprint density at radius 1 is 1.56 bits per heavy atom. The Balaban J connectivity index is 1.75. The lowest BCUT2D eigenvalue weighted by atomic mass is 10.0. The maximum Gasteiger partial charge on any atom is 0.409 e. The summed E-state index contributed by atoms with van der Waals surface area (Å²) < 4.78 is 18.9. The third-order valence-corrected chi connectivity index (χ3v) is 3.34. The number of aliphatic hydroxyl groups is 1. The first kappa shape index (κ1) is 13.1. The van der Waals surface area contributed by atoms with Crippen LogP contribution in [0.3, 0.4) is 0 Å². The molecule has 0 aromatic rings. The molecule has 0 bridgehead atoms. The quantitative estimate of drug-likeness (QED) is 0.834. The molecule has 0 aromatic carbocycles. The largest absolute Gasteiger partial charge is 0.449 e. The maximum atomic E-state index is 13.7. The molecule has 1 aliphatic carbocycles. The minimum atomic E-state index is -1.66. The van der Waals surface area contributed by atoms with Crippen LogP contribution < -0.4 is 0 Å². The molecule has 1 aliphatic heterocycles. The zero-order valence-corrected chi connectivity index (χ0v) is 10.2. The molecule has 1 heterocycles. The van der Waals surface area contributed by atoms with Crippen molar-refractivity contribution in [2.45, 2.75) is 18.5 Å². The van der Waals surface area contributed by atoms with Crippen LogP contribution in [0.25, 0.3) is 0 Å².